The molecule has 2 fully saturated rings. The number of anilines is 2. The van der Waals surface area contributed by atoms with Crippen molar-refractivity contribution >= 4 is 23.1 Å². The second-order valence-corrected chi connectivity index (χ2v) is 9.57. The van der Waals surface area contributed by atoms with Crippen LogP contribution >= 0.6 is 0 Å². The van der Waals surface area contributed by atoms with Crippen molar-refractivity contribution < 1.29 is 14.0 Å². The second-order valence-electron chi connectivity index (χ2n) is 9.57. The smallest absolute Gasteiger partial charge is 0.240 e. The molecule has 1 aromatic rings. The van der Waals surface area contributed by atoms with E-state index < -0.39 is 6.04 Å². The SMILES string of the molecule is CC(C)(C)[C@H](N)C(=O)N1CCN(c2cc3c(cc2F)C(=O)CCN3C2CC2)CC1. The maximum atomic E-state index is 14.9. The standard InChI is InChI=1S/C22H31FN4O2/c1-22(2,3)20(24)21(29)26-10-8-25(9-11-26)18-13-17-15(12-16(18)23)19(28)6-7-27(17)14-4-5-14/h12-14,20H,4-11,24H2,1-3H3/t20-/m1/s1. The Balaban J connectivity index is 1.51. The Bertz CT molecular complexity index is 823. The minimum atomic E-state index is -0.548. The van der Waals surface area contributed by atoms with E-state index >= 15 is 0 Å². The molecule has 7 heteroatoms. The molecule has 2 aliphatic heterocycles. The summed E-state index contributed by atoms with van der Waals surface area (Å²) in [6.45, 7) is 8.73. The van der Waals surface area contributed by atoms with E-state index in [1.54, 1.807) is 4.90 Å². The van der Waals surface area contributed by atoms with E-state index in [1.807, 2.05) is 31.7 Å². The predicted octanol–water partition coefficient (Wildman–Crippen LogP) is 2.40. The first-order valence-corrected chi connectivity index (χ1v) is 10.6. The van der Waals surface area contributed by atoms with E-state index in [9.17, 15) is 14.0 Å². The highest BCUT2D eigenvalue weighted by atomic mass is 19.1. The highest BCUT2D eigenvalue weighted by Crippen LogP contribution is 2.40. The molecule has 1 aliphatic carbocycles. The first-order chi connectivity index (χ1) is 13.7. The number of halogens is 1. The zero-order chi connectivity index (χ0) is 20.9. The lowest BCUT2D eigenvalue weighted by Gasteiger charge is -2.40. The lowest BCUT2D eigenvalue weighted by molar-refractivity contribution is -0.135. The Hall–Kier alpha value is -2.15. The molecule has 158 valence electrons. The number of Topliss-reactive ketones (excluding diaryl/α,β-unsaturated/α-hetero) is 1. The normalized spacial score (nSPS) is 21.3. The molecule has 1 amide bonds. The molecule has 2 heterocycles. The summed E-state index contributed by atoms with van der Waals surface area (Å²) in [4.78, 5) is 31.0. The molecule has 0 unspecified atom stereocenters. The molecule has 1 saturated heterocycles. The van der Waals surface area contributed by atoms with Gasteiger partial charge in [-0.05, 0) is 30.4 Å². The van der Waals surface area contributed by atoms with Gasteiger partial charge in [-0.3, -0.25) is 9.59 Å². The van der Waals surface area contributed by atoms with E-state index in [1.165, 1.54) is 6.07 Å². The van der Waals surface area contributed by atoms with Crippen molar-refractivity contribution in [2.24, 2.45) is 11.1 Å². The number of nitrogens with zero attached hydrogens (tertiary/aromatic N) is 3. The number of carbonyl (C=O) groups is 2. The third kappa shape index (κ3) is 3.84. The van der Waals surface area contributed by atoms with Crippen LogP contribution in [0.3, 0.4) is 0 Å². The Labute approximate surface area is 171 Å². The van der Waals surface area contributed by atoms with Gasteiger partial charge in [-0.2, -0.15) is 0 Å². The monoisotopic (exact) mass is 402 g/mol. The van der Waals surface area contributed by atoms with E-state index in [2.05, 4.69) is 4.90 Å². The van der Waals surface area contributed by atoms with Crippen molar-refractivity contribution in [3.63, 3.8) is 0 Å². The van der Waals surface area contributed by atoms with Crippen LogP contribution in [0, 0.1) is 11.2 Å². The Morgan fingerprint density at radius 2 is 1.76 bits per heavy atom. The van der Waals surface area contributed by atoms with Crippen molar-refractivity contribution in [2.45, 2.75) is 52.1 Å². The summed E-state index contributed by atoms with van der Waals surface area (Å²) in [5.74, 6) is -0.386. The molecule has 0 spiro atoms. The quantitative estimate of drug-likeness (QED) is 0.841. The zero-order valence-electron chi connectivity index (χ0n) is 17.6. The molecule has 1 atom stereocenters. The van der Waals surface area contributed by atoms with Gasteiger partial charge in [-0.25, -0.2) is 4.39 Å². The predicted molar refractivity (Wildman–Crippen MR) is 112 cm³/mol. The van der Waals surface area contributed by atoms with Gasteiger partial charge in [0.2, 0.25) is 5.91 Å². The van der Waals surface area contributed by atoms with Crippen LogP contribution in [0.4, 0.5) is 15.8 Å². The van der Waals surface area contributed by atoms with Gasteiger partial charge in [-0.1, -0.05) is 20.8 Å². The third-order valence-electron chi connectivity index (χ3n) is 6.37. The number of amides is 1. The van der Waals surface area contributed by atoms with Crippen LogP contribution in [-0.4, -0.2) is 61.4 Å². The maximum absolute atomic E-state index is 14.9. The van der Waals surface area contributed by atoms with Crippen LogP contribution in [0.1, 0.15) is 50.4 Å². The van der Waals surface area contributed by atoms with E-state index in [0.29, 0.717) is 56.4 Å². The van der Waals surface area contributed by atoms with Gasteiger partial charge in [0, 0.05) is 50.7 Å². The first-order valence-electron chi connectivity index (χ1n) is 10.6. The molecule has 0 radical (unpaired) electrons. The Kier molecular flexibility index (Phi) is 5.05. The van der Waals surface area contributed by atoms with Crippen LogP contribution < -0.4 is 15.5 Å². The summed E-state index contributed by atoms with van der Waals surface area (Å²) in [5.41, 5.74) is 7.74. The molecule has 2 N–H and O–H groups in total. The van der Waals surface area contributed by atoms with E-state index in [0.717, 1.165) is 18.5 Å². The number of ketones is 1. The number of carbonyl (C=O) groups excluding carboxylic acids is 2. The number of rotatable bonds is 3. The first kappa shape index (κ1) is 20.1. The molecule has 1 saturated carbocycles. The summed E-state index contributed by atoms with van der Waals surface area (Å²) < 4.78 is 14.9. The van der Waals surface area contributed by atoms with Crippen molar-refractivity contribution in [3.8, 4) is 0 Å². The summed E-state index contributed by atoms with van der Waals surface area (Å²) in [6.07, 6.45) is 2.72. The molecular weight excluding hydrogens is 371 g/mol. The largest absolute Gasteiger partial charge is 0.367 e. The van der Waals surface area contributed by atoms with Crippen molar-refractivity contribution in [1.29, 1.82) is 0 Å². The van der Waals surface area contributed by atoms with Crippen LogP contribution in [-0.2, 0) is 4.79 Å². The molecule has 4 rings (SSSR count). The molecular formula is C22H31FN4O2. The molecule has 6 nitrogen and oxygen atoms in total. The summed E-state index contributed by atoms with van der Waals surface area (Å²) >= 11 is 0. The molecule has 1 aromatic carbocycles. The summed E-state index contributed by atoms with van der Waals surface area (Å²) in [5, 5.41) is 0. The van der Waals surface area contributed by atoms with Crippen LogP contribution in [0.25, 0.3) is 0 Å². The number of hydrogen-bond donors (Lipinski definition) is 1. The number of fused-ring (bicyclic) bond motifs is 1. The highest BCUT2D eigenvalue weighted by Gasteiger charge is 2.36. The maximum Gasteiger partial charge on any atom is 0.240 e. The minimum Gasteiger partial charge on any atom is -0.367 e. The molecule has 3 aliphatic rings. The fourth-order valence-electron chi connectivity index (χ4n) is 4.23. The van der Waals surface area contributed by atoms with Crippen molar-refractivity contribution in [3.05, 3.63) is 23.5 Å². The Morgan fingerprint density at radius 1 is 1.10 bits per heavy atom. The molecule has 29 heavy (non-hydrogen) atoms. The third-order valence-corrected chi connectivity index (χ3v) is 6.37. The van der Waals surface area contributed by atoms with Crippen LogP contribution in [0.5, 0.6) is 0 Å². The van der Waals surface area contributed by atoms with E-state index in [-0.39, 0.29) is 22.9 Å². The van der Waals surface area contributed by atoms with Crippen LogP contribution in [0.2, 0.25) is 0 Å². The van der Waals surface area contributed by atoms with Crippen molar-refractivity contribution in [2.75, 3.05) is 42.5 Å². The zero-order valence-corrected chi connectivity index (χ0v) is 17.6. The lowest BCUT2D eigenvalue weighted by atomic mass is 9.86. The summed E-state index contributed by atoms with van der Waals surface area (Å²) in [7, 11) is 0. The molecule has 0 aromatic heterocycles. The minimum absolute atomic E-state index is 0.0222. The van der Waals surface area contributed by atoms with E-state index in [4.69, 9.17) is 5.73 Å². The lowest BCUT2D eigenvalue weighted by Crippen LogP contribution is -2.56. The highest BCUT2D eigenvalue weighted by molar-refractivity contribution is 6.04. The van der Waals surface area contributed by atoms with Gasteiger partial charge in [0.15, 0.2) is 5.78 Å². The number of hydrogen-bond acceptors (Lipinski definition) is 5. The number of piperazine rings is 1. The van der Waals surface area contributed by atoms with Gasteiger partial charge >= 0.3 is 0 Å². The second kappa shape index (κ2) is 7.27. The van der Waals surface area contributed by atoms with Crippen molar-refractivity contribution in [1.82, 2.24) is 4.90 Å². The van der Waals surface area contributed by atoms with Gasteiger partial charge < -0.3 is 20.4 Å². The average Bonchev–Trinajstić information content (AvgIpc) is 3.52. The number of nitrogens with two attached hydrogens (primary N) is 1. The van der Waals surface area contributed by atoms with Gasteiger partial charge in [0.05, 0.1) is 17.4 Å². The molecule has 0 bridgehead atoms. The fraction of sp³-hybridized carbons (Fsp3) is 0.636. The number of benzene rings is 1. The Morgan fingerprint density at radius 3 is 2.34 bits per heavy atom. The van der Waals surface area contributed by atoms with Crippen LogP contribution in [0.15, 0.2) is 12.1 Å². The topological polar surface area (TPSA) is 69.9 Å². The van der Waals surface area contributed by atoms with Gasteiger partial charge in [-0.15, -0.1) is 0 Å². The fourth-order valence-corrected chi connectivity index (χ4v) is 4.23. The average molecular weight is 403 g/mol. The van der Waals surface area contributed by atoms with Gasteiger partial charge in [0.1, 0.15) is 5.82 Å². The summed E-state index contributed by atoms with van der Waals surface area (Å²) in [6, 6.07) is 3.19. The van der Waals surface area contributed by atoms with Gasteiger partial charge in [0.25, 0.3) is 0 Å².